The summed E-state index contributed by atoms with van der Waals surface area (Å²) >= 11 is 0. The maximum atomic E-state index is 13.5. The first kappa shape index (κ1) is 12.0. The minimum atomic E-state index is -0.526. The number of hydrogen-bond acceptors (Lipinski definition) is 2. The number of nitrogens with two attached hydrogens (primary N) is 1. The monoisotopic (exact) mass is 236 g/mol. The van der Waals surface area contributed by atoms with Crippen molar-refractivity contribution in [3.63, 3.8) is 0 Å². The highest BCUT2D eigenvalue weighted by Crippen LogP contribution is 2.36. The van der Waals surface area contributed by atoms with Crippen molar-refractivity contribution in [2.24, 2.45) is 17.6 Å². The number of rotatable bonds is 5. The second-order valence-corrected chi connectivity index (χ2v) is 4.77. The molecule has 1 aliphatic rings. The van der Waals surface area contributed by atoms with Gasteiger partial charge >= 0.3 is 0 Å². The Kier molecular flexibility index (Phi) is 3.43. The van der Waals surface area contributed by atoms with Crippen LogP contribution in [0.15, 0.2) is 18.2 Å². The topological polar surface area (TPSA) is 55.1 Å². The number of hydrogen-bond donors (Lipinski definition) is 2. The molecule has 4 heteroatoms. The highest BCUT2D eigenvalue weighted by Gasteiger charge is 2.31. The molecule has 92 valence electrons. The predicted octanol–water partition coefficient (Wildman–Crippen LogP) is 1.67. The Hall–Kier alpha value is -1.42. The lowest BCUT2D eigenvalue weighted by Crippen LogP contribution is -2.18. The van der Waals surface area contributed by atoms with Crippen LogP contribution in [0.25, 0.3) is 0 Å². The minimum absolute atomic E-state index is 0.300. The third-order valence-electron chi connectivity index (χ3n) is 3.33. The highest BCUT2D eigenvalue weighted by atomic mass is 19.1. The van der Waals surface area contributed by atoms with E-state index in [1.54, 1.807) is 0 Å². The van der Waals surface area contributed by atoms with Gasteiger partial charge in [0.05, 0.1) is 0 Å². The number of amides is 1. The SMILES string of the molecule is CC1CC1CNCc1cc(C(N)=O)ccc1F. The third-order valence-corrected chi connectivity index (χ3v) is 3.33. The average Bonchev–Trinajstić information content (AvgIpc) is 2.97. The van der Waals surface area contributed by atoms with Crippen LogP contribution in [0.5, 0.6) is 0 Å². The van der Waals surface area contributed by atoms with Crippen molar-refractivity contribution >= 4 is 5.91 Å². The third kappa shape index (κ3) is 3.03. The summed E-state index contributed by atoms with van der Waals surface area (Å²) in [5, 5.41) is 3.21. The van der Waals surface area contributed by atoms with Crippen LogP contribution in [-0.4, -0.2) is 12.5 Å². The molecule has 0 spiro atoms. The number of halogens is 1. The van der Waals surface area contributed by atoms with Gasteiger partial charge in [0.2, 0.25) is 5.91 Å². The van der Waals surface area contributed by atoms with Gasteiger partial charge in [-0.15, -0.1) is 0 Å². The van der Waals surface area contributed by atoms with Gasteiger partial charge in [0.25, 0.3) is 0 Å². The molecule has 0 radical (unpaired) electrons. The fourth-order valence-corrected chi connectivity index (χ4v) is 1.94. The van der Waals surface area contributed by atoms with Gasteiger partial charge < -0.3 is 11.1 Å². The molecule has 1 saturated carbocycles. The molecule has 1 fully saturated rings. The maximum absolute atomic E-state index is 13.5. The number of primary amides is 1. The first-order valence-corrected chi connectivity index (χ1v) is 5.87. The Balaban J connectivity index is 1.94. The van der Waals surface area contributed by atoms with Crippen LogP contribution in [0.1, 0.15) is 29.3 Å². The molecular formula is C13H17FN2O. The van der Waals surface area contributed by atoms with Gasteiger partial charge in [0, 0.05) is 17.7 Å². The normalized spacial score (nSPS) is 22.5. The molecule has 17 heavy (non-hydrogen) atoms. The molecule has 0 saturated heterocycles. The summed E-state index contributed by atoms with van der Waals surface area (Å²) in [6.45, 7) is 3.55. The molecule has 3 nitrogen and oxygen atoms in total. The zero-order valence-electron chi connectivity index (χ0n) is 9.87. The van der Waals surface area contributed by atoms with Crippen LogP contribution in [0, 0.1) is 17.7 Å². The lowest BCUT2D eigenvalue weighted by Gasteiger charge is -2.06. The van der Waals surface area contributed by atoms with Crippen molar-refractivity contribution in [1.82, 2.24) is 5.32 Å². The van der Waals surface area contributed by atoms with E-state index in [9.17, 15) is 9.18 Å². The van der Waals surface area contributed by atoms with Crippen LogP contribution >= 0.6 is 0 Å². The van der Waals surface area contributed by atoms with E-state index in [2.05, 4.69) is 12.2 Å². The number of carbonyl (C=O) groups excluding carboxylic acids is 1. The maximum Gasteiger partial charge on any atom is 0.248 e. The summed E-state index contributed by atoms with van der Waals surface area (Å²) in [6, 6.07) is 4.21. The Bertz CT molecular complexity index is 433. The van der Waals surface area contributed by atoms with Crippen molar-refractivity contribution < 1.29 is 9.18 Å². The molecule has 0 bridgehead atoms. The van der Waals surface area contributed by atoms with E-state index in [1.165, 1.54) is 24.6 Å². The van der Waals surface area contributed by atoms with Gasteiger partial charge in [0.15, 0.2) is 0 Å². The summed E-state index contributed by atoms with van der Waals surface area (Å²) < 4.78 is 13.5. The molecule has 1 amide bonds. The van der Waals surface area contributed by atoms with Crippen LogP contribution in [0.2, 0.25) is 0 Å². The minimum Gasteiger partial charge on any atom is -0.366 e. The van der Waals surface area contributed by atoms with Crippen molar-refractivity contribution in [2.45, 2.75) is 19.9 Å². The fraction of sp³-hybridized carbons (Fsp3) is 0.462. The number of carbonyl (C=O) groups is 1. The first-order chi connectivity index (χ1) is 8.08. The van der Waals surface area contributed by atoms with E-state index < -0.39 is 5.91 Å². The summed E-state index contributed by atoms with van der Waals surface area (Å²) in [5.74, 6) is 0.676. The lowest BCUT2D eigenvalue weighted by atomic mass is 10.1. The molecule has 0 aliphatic heterocycles. The smallest absolute Gasteiger partial charge is 0.248 e. The quantitative estimate of drug-likeness (QED) is 0.817. The van der Waals surface area contributed by atoms with Crippen LogP contribution in [0.4, 0.5) is 4.39 Å². The molecule has 2 rings (SSSR count). The van der Waals surface area contributed by atoms with E-state index >= 15 is 0 Å². The Labute approximate surface area is 100 Å². The van der Waals surface area contributed by atoms with Gasteiger partial charge in [0.1, 0.15) is 5.82 Å². The molecule has 0 aromatic heterocycles. The Morgan fingerprint density at radius 1 is 1.59 bits per heavy atom. The van der Waals surface area contributed by atoms with E-state index in [0.29, 0.717) is 17.7 Å². The molecule has 2 atom stereocenters. The van der Waals surface area contributed by atoms with E-state index in [0.717, 1.165) is 18.4 Å². The predicted molar refractivity (Wildman–Crippen MR) is 63.9 cm³/mol. The number of benzene rings is 1. The van der Waals surface area contributed by atoms with Crippen molar-refractivity contribution in [2.75, 3.05) is 6.54 Å². The van der Waals surface area contributed by atoms with E-state index in [4.69, 9.17) is 5.73 Å². The molecule has 1 aromatic rings. The van der Waals surface area contributed by atoms with Gasteiger partial charge in [-0.2, -0.15) is 0 Å². The number of nitrogens with one attached hydrogen (secondary N) is 1. The Morgan fingerprint density at radius 2 is 2.29 bits per heavy atom. The van der Waals surface area contributed by atoms with Crippen LogP contribution in [-0.2, 0) is 6.54 Å². The van der Waals surface area contributed by atoms with Gasteiger partial charge in [-0.25, -0.2) is 4.39 Å². The second kappa shape index (κ2) is 4.84. The summed E-state index contributed by atoms with van der Waals surface area (Å²) in [6.07, 6.45) is 1.25. The van der Waals surface area contributed by atoms with Crippen molar-refractivity contribution in [3.05, 3.63) is 35.1 Å². The summed E-state index contributed by atoms with van der Waals surface area (Å²) in [7, 11) is 0. The van der Waals surface area contributed by atoms with Crippen molar-refractivity contribution in [1.29, 1.82) is 0 Å². The first-order valence-electron chi connectivity index (χ1n) is 5.87. The zero-order valence-corrected chi connectivity index (χ0v) is 9.87. The lowest BCUT2D eigenvalue weighted by molar-refractivity contribution is 0.1000. The molecule has 3 N–H and O–H groups in total. The van der Waals surface area contributed by atoms with Crippen molar-refractivity contribution in [3.8, 4) is 0 Å². The Morgan fingerprint density at radius 3 is 2.88 bits per heavy atom. The van der Waals surface area contributed by atoms with E-state index in [1.807, 2.05) is 0 Å². The van der Waals surface area contributed by atoms with Gasteiger partial charge in [-0.1, -0.05) is 6.92 Å². The molecular weight excluding hydrogens is 219 g/mol. The molecule has 1 aliphatic carbocycles. The molecule has 2 unspecified atom stereocenters. The average molecular weight is 236 g/mol. The summed E-state index contributed by atoms with van der Waals surface area (Å²) in [4.78, 5) is 11.0. The van der Waals surface area contributed by atoms with E-state index in [-0.39, 0.29) is 5.82 Å². The largest absolute Gasteiger partial charge is 0.366 e. The zero-order chi connectivity index (χ0) is 12.4. The van der Waals surface area contributed by atoms with Gasteiger partial charge in [-0.3, -0.25) is 4.79 Å². The molecule has 0 heterocycles. The van der Waals surface area contributed by atoms with Gasteiger partial charge in [-0.05, 0) is 43.0 Å². The van der Waals surface area contributed by atoms with Crippen LogP contribution in [0.3, 0.4) is 0 Å². The molecule has 1 aromatic carbocycles. The van der Waals surface area contributed by atoms with Crippen LogP contribution < -0.4 is 11.1 Å². The fourth-order valence-electron chi connectivity index (χ4n) is 1.94. The summed E-state index contributed by atoms with van der Waals surface area (Å²) in [5.41, 5.74) is 6.00. The second-order valence-electron chi connectivity index (χ2n) is 4.77. The highest BCUT2D eigenvalue weighted by molar-refractivity contribution is 5.92. The standard InChI is InChI=1S/C13H17FN2O/c1-8-4-10(8)6-16-7-11-5-9(13(15)17)2-3-12(11)14/h2-3,5,8,10,16H,4,6-7H2,1H3,(H2,15,17).